The van der Waals surface area contributed by atoms with Crippen LogP contribution in [0.3, 0.4) is 0 Å². The van der Waals surface area contributed by atoms with Crippen LogP contribution < -0.4 is 11.5 Å². The molecule has 5 rings (SSSR count). The van der Waals surface area contributed by atoms with E-state index >= 15 is 0 Å². The molecule has 2 fully saturated rings. The number of carbonyl (C=O) groups is 1. The van der Waals surface area contributed by atoms with E-state index in [0.29, 0.717) is 0 Å². The number of aliphatic hydroxyl groups excluding tert-OH is 4. The Bertz CT molecular complexity index is 1560. The van der Waals surface area contributed by atoms with Gasteiger partial charge >= 0.3 is 15.6 Å². The van der Waals surface area contributed by atoms with Gasteiger partial charge in [-0.05, 0) is 0 Å². The minimum atomic E-state index is -5.38. The van der Waals surface area contributed by atoms with Crippen molar-refractivity contribution in [3.8, 4) is 0 Å². The second-order valence-corrected chi connectivity index (χ2v) is 12.5. The lowest BCUT2D eigenvalue weighted by Gasteiger charge is -2.28. The molecule has 2 aromatic rings. The Morgan fingerprint density at radius 1 is 0.932 bits per heavy atom. The Balaban J connectivity index is 1.15. The van der Waals surface area contributed by atoms with Gasteiger partial charge in [0.2, 0.25) is 5.76 Å². The van der Waals surface area contributed by atoms with Gasteiger partial charge in [-0.2, -0.15) is 4.31 Å². The number of nitrogens with zero attached hydrogens (tertiary/aromatic N) is 5. The Labute approximate surface area is 245 Å². The van der Waals surface area contributed by atoms with Gasteiger partial charge in [-0.3, -0.25) is 18.4 Å². The number of anilines is 1. The van der Waals surface area contributed by atoms with Crippen molar-refractivity contribution in [3.05, 3.63) is 37.1 Å². The van der Waals surface area contributed by atoms with Crippen molar-refractivity contribution in [1.82, 2.24) is 24.4 Å². The maximum absolute atomic E-state index is 12.4. The van der Waals surface area contributed by atoms with Gasteiger partial charge in [0.25, 0.3) is 5.91 Å². The van der Waals surface area contributed by atoms with Crippen LogP contribution >= 0.6 is 15.6 Å². The van der Waals surface area contributed by atoms with E-state index in [9.17, 15) is 44.1 Å². The normalized spacial score (nSPS) is 33.1. The molecule has 1 amide bonds. The number of carbonyl (C=O) groups excluding carboxylic acids is 1. The first kappa shape index (κ1) is 32.3. The molecule has 0 aliphatic carbocycles. The van der Waals surface area contributed by atoms with E-state index in [2.05, 4.69) is 23.8 Å². The zero-order chi connectivity index (χ0) is 32.0. The molecule has 0 aromatic carbocycles. The Morgan fingerprint density at radius 3 is 2.14 bits per heavy atom. The first-order chi connectivity index (χ1) is 20.7. The molecular weight excluding hydrogens is 640 g/mol. The number of fused-ring (bicyclic) bond motifs is 1. The number of phosphoric acid groups is 2. The number of nitrogens with two attached hydrogens (primary N) is 2. The number of primary amides is 1. The number of nitrogen functional groups attached to an aromatic ring is 1. The molecule has 22 nitrogen and oxygen atoms in total. The molecule has 3 aliphatic rings. The number of imidazole rings is 1. The van der Waals surface area contributed by atoms with Crippen molar-refractivity contribution in [2.24, 2.45) is 5.73 Å². The minimum absolute atomic E-state index is 0.0471. The lowest BCUT2D eigenvalue weighted by atomic mass is 10.1. The quantitative estimate of drug-likeness (QED) is 0.110. The van der Waals surface area contributed by atoms with Gasteiger partial charge in [-0.1, -0.05) is 0 Å². The van der Waals surface area contributed by atoms with Crippen LogP contribution in [-0.4, -0.2) is 117 Å². The van der Waals surface area contributed by atoms with Crippen LogP contribution in [0.25, 0.3) is 11.2 Å². The largest absolute Gasteiger partial charge is 0.481 e. The van der Waals surface area contributed by atoms with Crippen molar-refractivity contribution < 1.29 is 71.7 Å². The molecule has 2 aromatic heterocycles. The highest BCUT2D eigenvalue weighted by atomic mass is 31.3. The number of aliphatic hydroxyl groups is 4. The summed E-state index contributed by atoms with van der Waals surface area (Å²) in [4.78, 5) is 44.3. The lowest BCUT2D eigenvalue weighted by Crippen LogP contribution is -2.40. The zero-order valence-electron chi connectivity index (χ0n) is 22.1. The van der Waals surface area contributed by atoms with E-state index in [1.165, 1.54) is 17.1 Å². The summed E-state index contributed by atoms with van der Waals surface area (Å²) in [5, 5.41) is 41.6. The monoisotopic (exact) mass is 667 g/mol. The molecule has 0 spiro atoms. The molecule has 10 N–H and O–H groups in total. The average molecular weight is 667 g/mol. The van der Waals surface area contributed by atoms with Crippen LogP contribution in [0.1, 0.15) is 6.23 Å². The van der Waals surface area contributed by atoms with Crippen LogP contribution in [0, 0.1) is 0 Å². The fourth-order valence-corrected chi connectivity index (χ4v) is 6.53. The van der Waals surface area contributed by atoms with E-state index in [0.717, 1.165) is 23.7 Å². The topological polar surface area (TPSA) is 327 Å². The van der Waals surface area contributed by atoms with Crippen LogP contribution in [0.4, 0.5) is 5.82 Å². The van der Waals surface area contributed by atoms with Gasteiger partial charge in [0.1, 0.15) is 54.7 Å². The third-order valence-electron chi connectivity index (χ3n) is 6.58. The molecule has 242 valence electrons. The lowest BCUT2D eigenvalue weighted by molar-refractivity contribution is -0.117. The van der Waals surface area contributed by atoms with Crippen LogP contribution in [0.5, 0.6) is 0 Å². The SMILES string of the molecule is NC(=O)C1=CN(C2OC(COP(=O)(O)OP(=O)(O)OCC3OC(n4cnc5c(N)ncnc54)C(O)C3O)C(O)C2O)C=CO1. The van der Waals surface area contributed by atoms with Gasteiger partial charge in [0.05, 0.1) is 25.7 Å². The van der Waals surface area contributed by atoms with Gasteiger partial charge in [-0.15, -0.1) is 0 Å². The van der Waals surface area contributed by atoms with Gasteiger partial charge < -0.3 is 60.8 Å². The number of aromatic nitrogens is 4. The molecule has 0 saturated carbocycles. The fourth-order valence-electron chi connectivity index (χ4n) is 4.44. The van der Waals surface area contributed by atoms with E-state index in [1.807, 2.05) is 0 Å². The van der Waals surface area contributed by atoms with E-state index in [1.54, 1.807) is 0 Å². The van der Waals surface area contributed by atoms with Crippen molar-refractivity contribution in [2.45, 2.75) is 49.1 Å². The van der Waals surface area contributed by atoms with Crippen molar-refractivity contribution in [1.29, 1.82) is 0 Å². The zero-order valence-corrected chi connectivity index (χ0v) is 23.9. The molecular formula is C20H27N7O15P2. The van der Waals surface area contributed by atoms with E-state index < -0.39 is 83.8 Å². The van der Waals surface area contributed by atoms with Crippen LogP contribution in [0.2, 0.25) is 0 Å². The summed E-state index contributed by atoms with van der Waals surface area (Å²) in [6.45, 7) is -1.83. The van der Waals surface area contributed by atoms with Gasteiger partial charge in [0, 0.05) is 6.20 Å². The highest BCUT2D eigenvalue weighted by Crippen LogP contribution is 2.60. The summed E-state index contributed by atoms with van der Waals surface area (Å²) in [6, 6.07) is 0. The molecule has 0 radical (unpaired) electrons. The molecule has 24 heteroatoms. The standard InChI is InChI=1S/C20H27N7O15P2/c21-16-11-18(24-6-23-16)27(7-25-11)20-15(31)13(29)10(41-20)5-39-44(35,36)42-43(33,34)38-4-9-12(28)14(30)19(40-9)26-1-2-37-8(3-26)17(22)32/h1-3,6-7,9-10,12-15,19-20,28-31H,4-5H2,(H2,22,32)(H,33,34)(H,35,36)(H2,21,23,24). The molecule has 3 aliphatic heterocycles. The smallest absolute Gasteiger partial charge is 0.456 e. The molecule has 5 heterocycles. The van der Waals surface area contributed by atoms with Crippen LogP contribution in [0.15, 0.2) is 37.1 Å². The van der Waals surface area contributed by atoms with Gasteiger partial charge in [-0.25, -0.2) is 24.1 Å². The highest BCUT2D eigenvalue weighted by Gasteiger charge is 2.48. The molecule has 10 unspecified atom stereocenters. The summed E-state index contributed by atoms with van der Waals surface area (Å²) in [5.74, 6) is -1.19. The summed E-state index contributed by atoms with van der Waals surface area (Å²) < 4.78 is 55.6. The number of hydrogen-bond donors (Lipinski definition) is 8. The molecule has 0 bridgehead atoms. The number of ether oxygens (including phenoxy) is 3. The third-order valence-corrected chi connectivity index (χ3v) is 9.18. The Kier molecular flexibility index (Phi) is 9.08. The predicted octanol–water partition coefficient (Wildman–Crippen LogP) is -3.14. The second-order valence-electron chi connectivity index (χ2n) is 9.49. The number of hydrogen-bond acceptors (Lipinski definition) is 18. The number of phosphoric ester groups is 2. The molecule has 10 atom stereocenters. The number of amides is 1. The summed E-state index contributed by atoms with van der Waals surface area (Å²) in [7, 11) is -10.8. The van der Waals surface area contributed by atoms with Crippen LogP contribution in [-0.2, 0) is 41.5 Å². The molecule has 44 heavy (non-hydrogen) atoms. The van der Waals surface area contributed by atoms with Crippen molar-refractivity contribution in [2.75, 3.05) is 18.9 Å². The second kappa shape index (κ2) is 12.4. The third kappa shape index (κ3) is 6.62. The minimum Gasteiger partial charge on any atom is -0.456 e. The summed E-state index contributed by atoms with van der Waals surface area (Å²) in [5.41, 5.74) is 11.2. The maximum atomic E-state index is 12.4. The van der Waals surface area contributed by atoms with Gasteiger partial charge in [0.15, 0.2) is 23.9 Å². The highest BCUT2D eigenvalue weighted by molar-refractivity contribution is 7.61. The molecule has 2 saturated heterocycles. The van der Waals surface area contributed by atoms with Crippen molar-refractivity contribution in [3.63, 3.8) is 0 Å². The summed E-state index contributed by atoms with van der Waals surface area (Å²) in [6.07, 6.45) is -6.32. The Hall–Kier alpha value is -3.08. The van der Waals surface area contributed by atoms with E-state index in [-0.39, 0.29) is 22.7 Å². The first-order valence-corrected chi connectivity index (χ1v) is 15.4. The van der Waals surface area contributed by atoms with E-state index in [4.69, 9.17) is 30.2 Å². The maximum Gasteiger partial charge on any atom is 0.481 e. The average Bonchev–Trinajstić information content (AvgIpc) is 3.61. The fraction of sp³-hybridized carbons (Fsp3) is 0.500. The summed E-state index contributed by atoms with van der Waals surface area (Å²) >= 11 is 0. The first-order valence-electron chi connectivity index (χ1n) is 12.4. The number of rotatable bonds is 11. The van der Waals surface area contributed by atoms with Crippen molar-refractivity contribution >= 4 is 38.5 Å². The predicted molar refractivity (Wildman–Crippen MR) is 138 cm³/mol. The Morgan fingerprint density at radius 2 is 1.52 bits per heavy atom.